The van der Waals surface area contributed by atoms with Gasteiger partial charge in [-0.2, -0.15) is 0 Å². The van der Waals surface area contributed by atoms with Crippen LogP contribution in [0.2, 0.25) is 0 Å². The molecule has 0 nitrogen and oxygen atoms in total. The fourth-order valence-corrected chi connectivity index (χ4v) is 2.92. The van der Waals surface area contributed by atoms with Crippen molar-refractivity contribution in [3.8, 4) is 0 Å². The molecule has 2 rings (SSSR count). The lowest BCUT2D eigenvalue weighted by molar-refractivity contribution is 0.423. The normalized spacial score (nSPS) is 29.2. The minimum atomic E-state index is 0.657. The highest BCUT2D eigenvalue weighted by Gasteiger charge is 2.36. The van der Waals surface area contributed by atoms with Crippen LogP contribution in [0.25, 0.3) is 0 Å². The molecule has 2 atom stereocenters. The molecule has 2 aliphatic rings. The van der Waals surface area contributed by atoms with Gasteiger partial charge in [-0.15, -0.1) is 5.73 Å². The third kappa shape index (κ3) is 1.60. The van der Waals surface area contributed by atoms with Gasteiger partial charge < -0.3 is 0 Å². The Balaban J connectivity index is 2.47. The molecule has 2 unspecified atom stereocenters. The fraction of sp³-hybridized carbons (Fsp3) is 0.400. The van der Waals surface area contributed by atoms with Crippen LogP contribution in [0.4, 0.5) is 0 Å². The summed E-state index contributed by atoms with van der Waals surface area (Å²) < 4.78 is 0. The van der Waals surface area contributed by atoms with E-state index in [0.717, 1.165) is 23.5 Å². The SMILES string of the molecule is C=C=C=C1CC2CCCC2C(=C)C1=C=C. The molecule has 0 radical (unpaired) electrons. The molecule has 0 saturated heterocycles. The van der Waals surface area contributed by atoms with E-state index < -0.39 is 0 Å². The lowest BCUT2D eigenvalue weighted by Gasteiger charge is -2.29. The van der Waals surface area contributed by atoms with Crippen molar-refractivity contribution in [1.29, 1.82) is 0 Å². The van der Waals surface area contributed by atoms with Gasteiger partial charge in [-0.1, -0.05) is 31.0 Å². The zero-order valence-corrected chi connectivity index (χ0v) is 9.10. The van der Waals surface area contributed by atoms with Crippen molar-refractivity contribution in [3.05, 3.63) is 53.6 Å². The maximum atomic E-state index is 4.19. The average molecular weight is 196 g/mol. The average Bonchev–Trinajstić information content (AvgIpc) is 2.67. The van der Waals surface area contributed by atoms with E-state index in [0.29, 0.717) is 5.92 Å². The van der Waals surface area contributed by atoms with Crippen molar-refractivity contribution in [2.75, 3.05) is 0 Å². The van der Waals surface area contributed by atoms with Crippen LogP contribution in [-0.2, 0) is 0 Å². The standard InChI is InChI=1S/C15H16/c1-4-7-12-10-13-8-6-9-15(13)11(3)14(12)5-2/h13,15H,1-3,6,8-10H2. The van der Waals surface area contributed by atoms with Gasteiger partial charge in [0.15, 0.2) is 0 Å². The summed E-state index contributed by atoms with van der Waals surface area (Å²) in [4.78, 5) is 0. The Hall–Kier alpha value is -1.44. The highest BCUT2D eigenvalue weighted by molar-refractivity contribution is 5.49. The van der Waals surface area contributed by atoms with Crippen molar-refractivity contribution in [2.24, 2.45) is 11.8 Å². The van der Waals surface area contributed by atoms with Gasteiger partial charge in [-0.05, 0) is 43.3 Å². The molecule has 0 aliphatic heterocycles. The van der Waals surface area contributed by atoms with Crippen LogP contribution in [-0.4, -0.2) is 0 Å². The largest absolute Gasteiger partial charge is 0.120 e. The minimum Gasteiger partial charge on any atom is -0.120 e. The molecular weight excluding hydrogens is 180 g/mol. The van der Waals surface area contributed by atoms with Crippen molar-refractivity contribution in [2.45, 2.75) is 25.7 Å². The van der Waals surface area contributed by atoms with Crippen molar-refractivity contribution < 1.29 is 0 Å². The van der Waals surface area contributed by atoms with E-state index >= 15 is 0 Å². The number of fused-ring (bicyclic) bond motifs is 1. The molecule has 2 saturated carbocycles. The summed E-state index contributed by atoms with van der Waals surface area (Å²) in [7, 11) is 0. The second kappa shape index (κ2) is 3.97. The Kier molecular flexibility index (Phi) is 2.67. The summed E-state index contributed by atoms with van der Waals surface area (Å²) in [6.45, 7) is 11.5. The molecule has 0 spiro atoms. The molecule has 15 heavy (non-hydrogen) atoms. The molecule has 0 N–H and O–H groups in total. The Labute approximate surface area is 91.7 Å². The van der Waals surface area contributed by atoms with Gasteiger partial charge in [-0.3, -0.25) is 0 Å². The molecule has 0 bridgehead atoms. The van der Waals surface area contributed by atoms with E-state index in [2.05, 4.69) is 36.9 Å². The van der Waals surface area contributed by atoms with Gasteiger partial charge >= 0.3 is 0 Å². The second-order valence-corrected chi connectivity index (χ2v) is 4.36. The van der Waals surface area contributed by atoms with Gasteiger partial charge in [0.05, 0.1) is 0 Å². The van der Waals surface area contributed by atoms with Crippen LogP contribution in [0.15, 0.2) is 53.6 Å². The van der Waals surface area contributed by atoms with E-state index in [4.69, 9.17) is 0 Å². The monoisotopic (exact) mass is 196 g/mol. The molecule has 0 heterocycles. The van der Waals surface area contributed by atoms with E-state index in [9.17, 15) is 0 Å². The van der Waals surface area contributed by atoms with Crippen LogP contribution in [0.5, 0.6) is 0 Å². The molecule has 2 aliphatic carbocycles. The smallest absolute Gasteiger partial charge is 0.0303 e. The summed E-state index contributed by atoms with van der Waals surface area (Å²) >= 11 is 0. The zero-order chi connectivity index (χ0) is 10.8. The Morgan fingerprint density at radius 3 is 2.67 bits per heavy atom. The quantitative estimate of drug-likeness (QED) is 0.515. The first-order valence-electron chi connectivity index (χ1n) is 5.51. The molecule has 0 heteroatoms. The molecule has 2 fully saturated rings. The number of hydrogen-bond acceptors (Lipinski definition) is 0. The minimum absolute atomic E-state index is 0.657. The van der Waals surface area contributed by atoms with Crippen molar-refractivity contribution in [3.63, 3.8) is 0 Å². The number of rotatable bonds is 0. The van der Waals surface area contributed by atoms with Gasteiger partial charge in [0.25, 0.3) is 0 Å². The third-order valence-corrected chi connectivity index (χ3v) is 3.61. The lowest BCUT2D eigenvalue weighted by Crippen LogP contribution is -2.19. The Morgan fingerprint density at radius 1 is 1.20 bits per heavy atom. The fourth-order valence-electron chi connectivity index (χ4n) is 2.92. The second-order valence-electron chi connectivity index (χ2n) is 4.36. The maximum Gasteiger partial charge on any atom is 0.0303 e. The van der Waals surface area contributed by atoms with Crippen molar-refractivity contribution >= 4 is 0 Å². The predicted octanol–water partition coefficient (Wildman–Crippen LogP) is 3.94. The van der Waals surface area contributed by atoms with Crippen LogP contribution < -0.4 is 0 Å². The summed E-state index contributed by atoms with van der Waals surface area (Å²) in [6, 6.07) is 0. The van der Waals surface area contributed by atoms with Gasteiger partial charge in [-0.25, -0.2) is 0 Å². The Morgan fingerprint density at radius 2 is 2.00 bits per heavy atom. The number of hydrogen-bond donors (Lipinski definition) is 0. The molecule has 0 aromatic rings. The van der Waals surface area contributed by atoms with Crippen LogP contribution >= 0.6 is 0 Å². The van der Waals surface area contributed by atoms with E-state index in [1.807, 2.05) is 0 Å². The van der Waals surface area contributed by atoms with E-state index in [1.54, 1.807) is 0 Å². The first-order chi connectivity index (χ1) is 7.27. The highest BCUT2D eigenvalue weighted by atomic mass is 14.4. The van der Waals surface area contributed by atoms with Crippen LogP contribution in [0.1, 0.15) is 25.7 Å². The summed E-state index contributed by atoms with van der Waals surface area (Å²) in [6.07, 6.45) is 4.99. The molecule has 0 amide bonds. The van der Waals surface area contributed by atoms with Crippen molar-refractivity contribution in [1.82, 2.24) is 0 Å². The van der Waals surface area contributed by atoms with Gasteiger partial charge in [0.2, 0.25) is 0 Å². The predicted molar refractivity (Wildman–Crippen MR) is 63.4 cm³/mol. The van der Waals surface area contributed by atoms with Gasteiger partial charge in [0.1, 0.15) is 0 Å². The third-order valence-electron chi connectivity index (χ3n) is 3.61. The molecule has 0 aromatic heterocycles. The highest BCUT2D eigenvalue weighted by Crippen LogP contribution is 2.48. The van der Waals surface area contributed by atoms with E-state index in [1.165, 1.54) is 24.8 Å². The zero-order valence-electron chi connectivity index (χ0n) is 9.10. The molecule has 0 aromatic carbocycles. The van der Waals surface area contributed by atoms with Gasteiger partial charge in [0, 0.05) is 11.1 Å². The van der Waals surface area contributed by atoms with Crippen LogP contribution in [0.3, 0.4) is 0 Å². The summed E-state index contributed by atoms with van der Waals surface area (Å²) in [5, 5.41) is 0. The maximum absolute atomic E-state index is 4.19. The Bertz CT molecular complexity index is 431. The molecular formula is C15H16. The number of allylic oxidation sites excluding steroid dienone is 3. The topological polar surface area (TPSA) is 0 Å². The first-order valence-corrected chi connectivity index (χ1v) is 5.51. The van der Waals surface area contributed by atoms with E-state index in [-0.39, 0.29) is 0 Å². The van der Waals surface area contributed by atoms with Crippen LogP contribution in [0, 0.1) is 11.8 Å². The molecule has 76 valence electrons. The summed E-state index contributed by atoms with van der Waals surface area (Å²) in [5.74, 6) is 1.41. The lowest BCUT2D eigenvalue weighted by atomic mass is 9.73. The summed E-state index contributed by atoms with van der Waals surface area (Å²) in [5.41, 5.74) is 12.2. The first kappa shape index (κ1) is 10.1.